The van der Waals surface area contributed by atoms with E-state index in [9.17, 15) is 13.6 Å². The molecule has 0 aliphatic heterocycles. The number of nitrogens with zero attached hydrogens (tertiary/aromatic N) is 3. The van der Waals surface area contributed by atoms with Crippen molar-refractivity contribution in [3.8, 4) is 0 Å². The molecular weight excluding hydrogens is 336 g/mol. The third-order valence-electron chi connectivity index (χ3n) is 4.78. The number of likely N-dealkylation sites (N-methyl/N-ethyl adjacent to an activating group) is 1. The Morgan fingerprint density at radius 2 is 1.88 bits per heavy atom. The smallest absolute Gasteiger partial charge is 0.227 e. The van der Waals surface area contributed by atoms with Crippen LogP contribution in [0.25, 0.3) is 0 Å². The van der Waals surface area contributed by atoms with Crippen molar-refractivity contribution in [2.75, 3.05) is 7.05 Å². The van der Waals surface area contributed by atoms with Gasteiger partial charge in [-0.2, -0.15) is 5.10 Å². The van der Waals surface area contributed by atoms with Gasteiger partial charge in [-0.15, -0.1) is 0 Å². The van der Waals surface area contributed by atoms with Crippen molar-refractivity contribution >= 4 is 5.91 Å². The molecule has 0 N–H and O–H groups in total. The molecule has 0 radical (unpaired) electrons. The number of hydrogen-bond acceptors (Lipinski definition) is 2. The summed E-state index contributed by atoms with van der Waals surface area (Å²) in [5, 5.41) is 4.53. The molecule has 4 nitrogen and oxygen atoms in total. The maximum atomic E-state index is 14.0. The predicted octanol–water partition coefficient (Wildman–Crippen LogP) is 4.20. The third-order valence-corrected chi connectivity index (χ3v) is 4.78. The van der Waals surface area contributed by atoms with Crippen molar-refractivity contribution in [3.05, 3.63) is 52.3 Å². The van der Waals surface area contributed by atoms with Crippen molar-refractivity contribution in [1.82, 2.24) is 14.7 Å². The lowest BCUT2D eigenvalue weighted by Crippen LogP contribution is -2.31. The van der Waals surface area contributed by atoms with Crippen molar-refractivity contribution in [2.24, 2.45) is 5.92 Å². The number of halogens is 2. The van der Waals surface area contributed by atoms with Gasteiger partial charge in [0.1, 0.15) is 11.6 Å². The Labute approximate surface area is 153 Å². The van der Waals surface area contributed by atoms with Crippen LogP contribution in [0.4, 0.5) is 8.78 Å². The molecule has 2 aromatic rings. The lowest BCUT2D eigenvalue weighted by atomic mass is 10.0. The van der Waals surface area contributed by atoms with E-state index in [-0.39, 0.29) is 17.9 Å². The minimum Gasteiger partial charge on any atom is -0.339 e. The molecule has 1 aromatic heterocycles. The van der Waals surface area contributed by atoms with Gasteiger partial charge in [0.25, 0.3) is 0 Å². The molecule has 1 atom stereocenters. The van der Waals surface area contributed by atoms with Crippen LogP contribution in [0.15, 0.2) is 18.2 Å². The Morgan fingerprint density at radius 1 is 1.23 bits per heavy atom. The Morgan fingerprint density at radius 3 is 2.50 bits per heavy atom. The third kappa shape index (κ3) is 4.29. The first kappa shape index (κ1) is 20.1. The fourth-order valence-corrected chi connectivity index (χ4v) is 3.05. The van der Waals surface area contributed by atoms with Crippen LogP contribution in [-0.4, -0.2) is 27.6 Å². The fourth-order valence-electron chi connectivity index (χ4n) is 3.05. The Bertz CT molecular complexity index is 799. The molecule has 0 saturated carbocycles. The van der Waals surface area contributed by atoms with E-state index >= 15 is 0 Å². The second-order valence-corrected chi connectivity index (χ2v) is 7.25. The summed E-state index contributed by atoms with van der Waals surface area (Å²) in [6.07, 6.45) is 0.188. The second-order valence-electron chi connectivity index (χ2n) is 7.25. The van der Waals surface area contributed by atoms with E-state index in [0.29, 0.717) is 5.92 Å². The van der Waals surface area contributed by atoms with Crippen molar-refractivity contribution in [2.45, 2.75) is 53.6 Å². The van der Waals surface area contributed by atoms with Gasteiger partial charge in [-0.1, -0.05) is 13.8 Å². The molecule has 1 amide bonds. The van der Waals surface area contributed by atoms with Crippen LogP contribution >= 0.6 is 0 Å². The van der Waals surface area contributed by atoms with Gasteiger partial charge in [0.2, 0.25) is 5.91 Å². The molecule has 26 heavy (non-hydrogen) atoms. The summed E-state index contributed by atoms with van der Waals surface area (Å²) in [6.45, 7) is 10.6. The first-order chi connectivity index (χ1) is 12.1. The summed E-state index contributed by atoms with van der Waals surface area (Å²) in [6, 6.07) is 2.73. The van der Waals surface area contributed by atoms with E-state index in [4.69, 9.17) is 0 Å². The molecule has 142 valence electrons. The van der Waals surface area contributed by atoms with Crippen LogP contribution < -0.4 is 0 Å². The van der Waals surface area contributed by atoms with Crippen LogP contribution in [0.1, 0.15) is 49.3 Å². The highest BCUT2D eigenvalue weighted by Crippen LogP contribution is 2.24. The highest BCUT2D eigenvalue weighted by molar-refractivity contribution is 5.79. The summed E-state index contributed by atoms with van der Waals surface area (Å²) in [5.41, 5.74) is 2.87. The topological polar surface area (TPSA) is 38.1 Å². The fraction of sp³-hybridized carbons (Fsp3) is 0.500. The van der Waals surface area contributed by atoms with Crippen LogP contribution in [0.2, 0.25) is 0 Å². The van der Waals surface area contributed by atoms with E-state index in [2.05, 4.69) is 18.9 Å². The highest BCUT2D eigenvalue weighted by Gasteiger charge is 2.23. The minimum absolute atomic E-state index is 0.156. The molecule has 0 aliphatic rings. The molecule has 6 heteroatoms. The van der Waals surface area contributed by atoms with Gasteiger partial charge in [0, 0.05) is 30.4 Å². The number of hydrogen-bond donors (Lipinski definition) is 0. The molecule has 1 heterocycles. The number of carbonyl (C=O) groups is 1. The molecule has 0 spiro atoms. The Balaban J connectivity index is 2.19. The minimum atomic E-state index is -0.565. The van der Waals surface area contributed by atoms with Gasteiger partial charge in [-0.25, -0.2) is 8.78 Å². The van der Waals surface area contributed by atoms with Crippen LogP contribution in [-0.2, 0) is 17.8 Å². The number of rotatable bonds is 6. The predicted molar refractivity (Wildman–Crippen MR) is 97.8 cm³/mol. The molecular formula is C20H27F2N3O. The Kier molecular flexibility index (Phi) is 6.16. The van der Waals surface area contributed by atoms with Crippen LogP contribution in [0.3, 0.4) is 0 Å². The number of benzene rings is 1. The monoisotopic (exact) mass is 363 g/mol. The molecule has 2 rings (SSSR count). The van der Waals surface area contributed by atoms with E-state index in [1.165, 1.54) is 4.90 Å². The van der Waals surface area contributed by atoms with Crippen LogP contribution in [0, 0.1) is 31.4 Å². The standard InChI is InChI=1S/C20H27F2N3O/c1-12(2)11-25-15(5)17(13(3)23-25)10-20(26)24(6)14(4)18-9-16(21)7-8-19(18)22/h7-9,12,14H,10-11H2,1-6H3. The maximum absolute atomic E-state index is 14.0. The first-order valence-corrected chi connectivity index (χ1v) is 8.85. The van der Waals surface area contributed by atoms with Crippen molar-refractivity contribution < 1.29 is 13.6 Å². The largest absolute Gasteiger partial charge is 0.339 e. The van der Waals surface area contributed by atoms with Gasteiger partial charge in [0.15, 0.2) is 0 Å². The quantitative estimate of drug-likeness (QED) is 0.772. The maximum Gasteiger partial charge on any atom is 0.227 e. The zero-order chi connectivity index (χ0) is 19.6. The van der Waals surface area contributed by atoms with Gasteiger partial charge in [-0.05, 0) is 44.9 Å². The van der Waals surface area contributed by atoms with Gasteiger partial charge in [0.05, 0.1) is 18.2 Å². The molecule has 0 fully saturated rings. The van der Waals surface area contributed by atoms with Crippen LogP contribution in [0.5, 0.6) is 0 Å². The van der Waals surface area contributed by atoms with E-state index < -0.39 is 17.7 Å². The van der Waals surface area contributed by atoms with Crippen molar-refractivity contribution in [1.29, 1.82) is 0 Å². The average Bonchev–Trinajstić information content (AvgIpc) is 2.82. The van der Waals surface area contributed by atoms with Gasteiger partial charge < -0.3 is 4.90 Å². The first-order valence-electron chi connectivity index (χ1n) is 8.85. The Hall–Kier alpha value is -2.24. The lowest BCUT2D eigenvalue weighted by molar-refractivity contribution is -0.131. The molecule has 1 unspecified atom stereocenters. The molecule has 0 bridgehead atoms. The summed E-state index contributed by atoms with van der Waals surface area (Å²) >= 11 is 0. The number of amides is 1. The normalized spacial score (nSPS) is 12.5. The van der Waals surface area contributed by atoms with Gasteiger partial charge >= 0.3 is 0 Å². The zero-order valence-corrected chi connectivity index (χ0v) is 16.3. The number of carbonyl (C=O) groups excluding carboxylic acids is 1. The second kappa shape index (κ2) is 7.98. The summed E-state index contributed by atoms with van der Waals surface area (Å²) < 4.78 is 29.4. The van der Waals surface area contributed by atoms with E-state index in [1.54, 1.807) is 14.0 Å². The zero-order valence-electron chi connectivity index (χ0n) is 16.3. The average molecular weight is 363 g/mol. The summed E-state index contributed by atoms with van der Waals surface area (Å²) in [7, 11) is 1.61. The van der Waals surface area contributed by atoms with E-state index in [1.807, 2.05) is 18.5 Å². The SMILES string of the molecule is Cc1nn(CC(C)C)c(C)c1CC(=O)N(C)C(C)c1cc(F)ccc1F. The molecule has 1 aromatic carbocycles. The number of aryl methyl sites for hydroxylation is 1. The van der Waals surface area contributed by atoms with E-state index in [0.717, 1.165) is 41.7 Å². The molecule has 0 saturated heterocycles. The van der Waals surface area contributed by atoms with Gasteiger partial charge in [-0.3, -0.25) is 9.48 Å². The molecule has 0 aliphatic carbocycles. The summed E-state index contributed by atoms with van der Waals surface area (Å²) in [5.74, 6) is -0.738. The lowest BCUT2D eigenvalue weighted by Gasteiger charge is -2.26. The highest BCUT2D eigenvalue weighted by atomic mass is 19.1. The van der Waals surface area contributed by atoms with Crippen molar-refractivity contribution in [3.63, 3.8) is 0 Å². The summed E-state index contributed by atoms with van der Waals surface area (Å²) in [4.78, 5) is 14.2. The number of aromatic nitrogens is 2.